The molecule has 1 aliphatic heterocycles. The maximum absolute atomic E-state index is 13.1. The van der Waals surface area contributed by atoms with Crippen molar-refractivity contribution in [3.63, 3.8) is 0 Å². The van der Waals surface area contributed by atoms with Crippen LogP contribution in [0.15, 0.2) is 73.4 Å². The Labute approximate surface area is 269 Å². The van der Waals surface area contributed by atoms with Gasteiger partial charge in [0.15, 0.2) is 0 Å². The van der Waals surface area contributed by atoms with Crippen molar-refractivity contribution in [3.8, 4) is 28.5 Å². The summed E-state index contributed by atoms with van der Waals surface area (Å²) < 4.78 is 1.72. The number of aromatic nitrogens is 5. The van der Waals surface area contributed by atoms with Gasteiger partial charge in [-0.2, -0.15) is 10.4 Å². The van der Waals surface area contributed by atoms with Gasteiger partial charge < -0.3 is 15.3 Å². The molecule has 2 N–H and O–H groups in total. The van der Waals surface area contributed by atoms with E-state index in [4.69, 9.17) is 16.6 Å². The molecule has 10 nitrogen and oxygen atoms in total. The highest BCUT2D eigenvalue weighted by Crippen LogP contribution is 2.84. The van der Waals surface area contributed by atoms with Crippen LogP contribution in [0.4, 0.5) is 5.82 Å². The summed E-state index contributed by atoms with van der Waals surface area (Å²) in [5.74, 6) is 1.35. The number of hydrogen-bond donors (Lipinski definition) is 2. The second-order valence-corrected chi connectivity index (χ2v) is 14.0. The predicted octanol–water partition coefficient (Wildman–Crippen LogP) is 5.15. The zero-order chi connectivity index (χ0) is 31.6. The molecule has 4 aliphatic rings. The first-order valence-corrected chi connectivity index (χ1v) is 15.8. The number of carbonyl (C=O) groups excluding carboxylic acids is 1. The highest BCUT2D eigenvalue weighted by Gasteiger charge is 2.91. The van der Waals surface area contributed by atoms with Gasteiger partial charge in [-0.05, 0) is 75.4 Å². The molecule has 5 unspecified atom stereocenters. The van der Waals surface area contributed by atoms with Crippen LogP contribution in [0.3, 0.4) is 0 Å². The number of anilines is 1. The van der Waals surface area contributed by atoms with E-state index in [1.54, 1.807) is 49.1 Å². The lowest BCUT2D eigenvalue weighted by Gasteiger charge is -2.93. The van der Waals surface area contributed by atoms with Crippen LogP contribution < -0.4 is 10.2 Å². The highest BCUT2D eigenvalue weighted by atomic mass is 35.5. The summed E-state index contributed by atoms with van der Waals surface area (Å²) in [5, 5.41) is 28.4. The number of carbonyl (C=O) groups is 1. The molecule has 6 heterocycles. The van der Waals surface area contributed by atoms with Crippen LogP contribution >= 0.6 is 11.6 Å². The summed E-state index contributed by atoms with van der Waals surface area (Å²) in [7, 11) is 0. The third-order valence-corrected chi connectivity index (χ3v) is 11.4. The van der Waals surface area contributed by atoms with E-state index in [9.17, 15) is 15.2 Å². The molecule has 228 valence electrons. The summed E-state index contributed by atoms with van der Waals surface area (Å²) in [4.78, 5) is 29.3. The van der Waals surface area contributed by atoms with E-state index in [1.165, 1.54) is 0 Å². The van der Waals surface area contributed by atoms with Gasteiger partial charge in [-0.1, -0.05) is 17.7 Å². The molecule has 3 aliphatic carbocycles. The van der Waals surface area contributed by atoms with Crippen LogP contribution in [-0.4, -0.2) is 53.2 Å². The molecule has 5 aromatic heterocycles. The summed E-state index contributed by atoms with van der Waals surface area (Å²) in [6.45, 7) is 3.46. The molecule has 3 saturated carbocycles. The van der Waals surface area contributed by atoms with E-state index in [0.717, 1.165) is 53.0 Å². The zero-order valence-corrected chi connectivity index (χ0v) is 25.9. The van der Waals surface area contributed by atoms with E-state index in [-0.39, 0.29) is 22.6 Å². The Morgan fingerprint density at radius 3 is 2.63 bits per heavy atom. The molecule has 9 rings (SSSR count). The van der Waals surface area contributed by atoms with E-state index < -0.39 is 5.60 Å². The van der Waals surface area contributed by atoms with Gasteiger partial charge in [0.25, 0.3) is 5.91 Å². The summed E-state index contributed by atoms with van der Waals surface area (Å²) >= 11 is 6.27. The van der Waals surface area contributed by atoms with Crippen molar-refractivity contribution in [2.24, 2.45) is 11.3 Å². The van der Waals surface area contributed by atoms with Gasteiger partial charge in [-0.25, -0.2) is 14.5 Å². The minimum absolute atomic E-state index is 0.109. The molecule has 5 atom stereocenters. The smallest absolute Gasteiger partial charge is 0.271 e. The molecule has 1 amide bonds. The van der Waals surface area contributed by atoms with Crippen LogP contribution in [0.25, 0.3) is 27.9 Å². The molecule has 11 heteroatoms. The monoisotopic (exact) mass is 628 g/mol. The fourth-order valence-corrected chi connectivity index (χ4v) is 9.20. The first kappa shape index (κ1) is 27.5. The third-order valence-electron chi connectivity index (χ3n) is 11.1. The van der Waals surface area contributed by atoms with Gasteiger partial charge >= 0.3 is 0 Å². The van der Waals surface area contributed by atoms with E-state index in [0.29, 0.717) is 34.1 Å². The van der Waals surface area contributed by atoms with Crippen LogP contribution in [0, 0.1) is 22.7 Å². The van der Waals surface area contributed by atoms with Crippen LogP contribution in [0.5, 0.6) is 0 Å². The topological polar surface area (TPSA) is 132 Å². The molecule has 1 saturated heterocycles. The zero-order valence-electron chi connectivity index (χ0n) is 25.1. The van der Waals surface area contributed by atoms with E-state index in [1.807, 2.05) is 30.6 Å². The van der Waals surface area contributed by atoms with Crippen LogP contribution in [-0.2, 0) is 5.60 Å². The molecule has 46 heavy (non-hydrogen) atoms. The molecular weight excluding hydrogens is 600 g/mol. The number of nitrogens with one attached hydrogen (secondary N) is 1. The lowest BCUT2D eigenvalue weighted by Crippen LogP contribution is -3.03. The van der Waals surface area contributed by atoms with E-state index >= 15 is 0 Å². The first-order valence-electron chi connectivity index (χ1n) is 15.4. The van der Waals surface area contributed by atoms with Gasteiger partial charge in [0, 0.05) is 64.5 Å². The number of rotatable bonds is 6. The lowest BCUT2D eigenvalue weighted by atomic mass is 9.21. The first-order chi connectivity index (χ1) is 22.1. The van der Waals surface area contributed by atoms with Crippen molar-refractivity contribution in [1.29, 1.82) is 5.26 Å². The highest BCUT2D eigenvalue weighted by molar-refractivity contribution is 6.33. The molecular formula is C35H29ClN8O2. The maximum atomic E-state index is 13.1. The maximum Gasteiger partial charge on any atom is 0.271 e. The predicted molar refractivity (Wildman–Crippen MR) is 171 cm³/mol. The van der Waals surface area contributed by atoms with Gasteiger partial charge in [0.2, 0.25) is 0 Å². The van der Waals surface area contributed by atoms with Crippen molar-refractivity contribution < 1.29 is 9.90 Å². The number of nitrogens with zero attached hydrogens (tertiary/aromatic N) is 7. The number of aliphatic hydroxyl groups is 1. The molecule has 4 fully saturated rings. The molecule has 5 aromatic rings. The van der Waals surface area contributed by atoms with Crippen molar-refractivity contribution >= 4 is 28.8 Å². The second kappa shape index (κ2) is 9.12. The van der Waals surface area contributed by atoms with Gasteiger partial charge in [-0.15, -0.1) is 0 Å². The summed E-state index contributed by atoms with van der Waals surface area (Å²) in [6, 6.07) is 16.3. The largest absolute Gasteiger partial charge is 0.386 e. The Hall–Kier alpha value is -4.85. The molecule has 0 aromatic carbocycles. The molecule has 1 spiro atoms. The van der Waals surface area contributed by atoms with E-state index in [2.05, 4.69) is 43.5 Å². The summed E-state index contributed by atoms with van der Waals surface area (Å²) in [6.07, 6.45) is 11.6. The Morgan fingerprint density at radius 2 is 1.96 bits per heavy atom. The normalized spacial score (nSPS) is 26.8. The number of fused-ring (bicyclic) bond motifs is 1. The SMILES string of the molecule is CC(C)(O)c1ccc(-c2cc(-c3ccc(N4C5CC6CC7(NC(=O)c8ncccc8Cl)CC4C657)nc3)c3c(C#N)cnn3c2)nc1. The van der Waals surface area contributed by atoms with Crippen molar-refractivity contribution in [2.75, 3.05) is 4.90 Å². The fourth-order valence-electron chi connectivity index (χ4n) is 8.99. The average molecular weight is 629 g/mol. The Kier molecular flexibility index (Phi) is 5.44. The minimum Gasteiger partial charge on any atom is -0.386 e. The molecule has 0 bridgehead atoms. The number of amides is 1. The van der Waals surface area contributed by atoms with Gasteiger partial charge in [-0.3, -0.25) is 9.78 Å². The second-order valence-electron chi connectivity index (χ2n) is 13.6. The molecule has 0 radical (unpaired) electrons. The summed E-state index contributed by atoms with van der Waals surface area (Å²) in [5.41, 5.74) is 4.38. The minimum atomic E-state index is -0.990. The number of pyridine rings is 4. The van der Waals surface area contributed by atoms with Crippen molar-refractivity contribution in [1.82, 2.24) is 29.9 Å². The Morgan fingerprint density at radius 1 is 1.09 bits per heavy atom. The number of nitriles is 1. The van der Waals surface area contributed by atoms with Crippen LogP contribution in [0.2, 0.25) is 5.02 Å². The fraction of sp³-hybridized carbons (Fsp3) is 0.314. The van der Waals surface area contributed by atoms with Gasteiger partial charge in [0.1, 0.15) is 17.6 Å². The standard InChI is InChI=1S/C35H29ClN8O2/c1-33(2,46)22-6-7-26(39-17-22)20-10-24(31-21(14-37)16-41-43(31)18-20)19-5-8-29(40-15-19)44-27-11-23-12-34(13-28(44)35(23,27)34)42-32(45)30-25(36)4-3-9-38-30/h3-10,15-18,23,27-28,46H,11-13H2,1-2H3,(H,42,45). The van der Waals surface area contributed by atoms with Crippen LogP contribution in [0.1, 0.15) is 54.7 Å². The lowest BCUT2D eigenvalue weighted by molar-refractivity contribution is -0.326. The Bertz CT molecular complexity index is 2130. The Balaban J connectivity index is 1.00. The van der Waals surface area contributed by atoms with Crippen molar-refractivity contribution in [2.45, 2.75) is 56.3 Å². The number of halogens is 1. The third kappa shape index (κ3) is 3.42. The number of hydrogen-bond acceptors (Lipinski definition) is 8. The number of piperidine rings is 2. The average Bonchev–Trinajstić information content (AvgIpc) is 3.44. The van der Waals surface area contributed by atoms with Crippen molar-refractivity contribution in [3.05, 3.63) is 95.3 Å². The quantitative estimate of drug-likeness (QED) is 0.264. The van der Waals surface area contributed by atoms with Gasteiger partial charge in [0.05, 0.1) is 39.1 Å².